The first-order valence-electron chi connectivity index (χ1n) is 10.8. The van der Waals surface area contributed by atoms with Crippen LogP contribution in [0.4, 0.5) is 10.6 Å². The van der Waals surface area contributed by atoms with Crippen LogP contribution in [0.5, 0.6) is 11.5 Å². The molecule has 176 valence electrons. The SMILES string of the molecule is COc1ccc(-n2nc(N(C)C)cc2-c2ccc(OCCOC(=O)NC(C)(C)C)cc2)cc1. The van der Waals surface area contributed by atoms with E-state index in [4.69, 9.17) is 19.3 Å². The monoisotopic (exact) mass is 452 g/mol. The molecule has 0 fully saturated rings. The Balaban J connectivity index is 1.69. The summed E-state index contributed by atoms with van der Waals surface area (Å²) in [6, 6.07) is 17.6. The summed E-state index contributed by atoms with van der Waals surface area (Å²) in [5, 5.41) is 7.50. The van der Waals surface area contributed by atoms with Gasteiger partial charge in [-0.05, 0) is 69.3 Å². The van der Waals surface area contributed by atoms with Gasteiger partial charge in [0.1, 0.15) is 24.7 Å². The zero-order valence-corrected chi connectivity index (χ0v) is 20.1. The van der Waals surface area contributed by atoms with Crippen LogP contribution in [0.2, 0.25) is 0 Å². The van der Waals surface area contributed by atoms with Crippen LogP contribution >= 0.6 is 0 Å². The number of methoxy groups -OCH3 is 1. The molecular weight excluding hydrogens is 420 g/mol. The molecule has 0 unspecified atom stereocenters. The lowest BCUT2D eigenvalue weighted by molar-refractivity contribution is 0.118. The highest BCUT2D eigenvalue weighted by molar-refractivity contribution is 5.68. The van der Waals surface area contributed by atoms with Crippen LogP contribution in [0.3, 0.4) is 0 Å². The normalized spacial score (nSPS) is 11.1. The molecule has 0 saturated carbocycles. The first-order valence-corrected chi connectivity index (χ1v) is 10.8. The van der Waals surface area contributed by atoms with Crippen LogP contribution < -0.4 is 19.7 Å². The van der Waals surface area contributed by atoms with Gasteiger partial charge in [0.15, 0.2) is 5.82 Å². The Bertz CT molecular complexity index is 1050. The van der Waals surface area contributed by atoms with Crippen molar-refractivity contribution in [1.82, 2.24) is 15.1 Å². The molecule has 0 saturated heterocycles. The van der Waals surface area contributed by atoms with Crippen molar-refractivity contribution in [2.45, 2.75) is 26.3 Å². The second-order valence-electron chi connectivity index (χ2n) is 8.78. The van der Waals surface area contributed by atoms with Crippen LogP contribution in [0.15, 0.2) is 54.6 Å². The maximum atomic E-state index is 11.7. The maximum Gasteiger partial charge on any atom is 0.407 e. The molecule has 0 atom stereocenters. The molecule has 33 heavy (non-hydrogen) atoms. The van der Waals surface area contributed by atoms with Gasteiger partial charge in [0.05, 0.1) is 18.5 Å². The number of alkyl carbamates (subject to hydrolysis) is 1. The number of hydrogen-bond donors (Lipinski definition) is 1. The number of amides is 1. The third-order valence-electron chi connectivity index (χ3n) is 4.68. The quantitative estimate of drug-likeness (QED) is 0.507. The highest BCUT2D eigenvalue weighted by atomic mass is 16.6. The van der Waals surface area contributed by atoms with Crippen molar-refractivity contribution in [3.05, 3.63) is 54.6 Å². The molecule has 1 heterocycles. The van der Waals surface area contributed by atoms with Gasteiger partial charge in [-0.25, -0.2) is 9.48 Å². The fraction of sp³-hybridized carbons (Fsp3) is 0.360. The molecule has 1 aromatic heterocycles. The minimum Gasteiger partial charge on any atom is -0.497 e. The highest BCUT2D eigenvalue weighted by Crippen LogP contribution is 2.29. The van der Waals surface area contributed by atoms with Gasteiger partial charge in [-0.3, -0.25) is 0 Å². The molecule has 3 aromatic rings. The molecule has 8 nitrogen and oxygen atoms in total. The fourth-order valence-corrected chi connectivity index (χ4v) is 3.07. The zero-order valence-electron chi connectivity index (χ0n) is 20.1. The van der Waals surface area contributed by atoms with Gasteiger partial charge in [0, 0.05) is 31.3 Å². The van der Waals surface area contributed by atoms with Gasteiger partial charge in [-0.2, -0.15) is 0 Å². The molecule has 1 amide bonds. The van der Waals surface area contributed by atoms with Gasteiger partial charge >= 0.3 is 6.09 Å². The predicted octanol–water partition coefficient (Wildman–Crippen LogP) is 4.52. The van der Waals surface area contributed by atoms with E-state index in [9.17, 15) is 4.79 Å². The smallest absolute Gasteiger partial charge is 0.407 e. The predicted molar refractivity (Wildman–Crippen MR) is 130 cm³/mol. The number of anilines is 1. The summed E-state index contributed by atoms with van der Waals surface area (Å²) < 4.78 is 18.0. The van der Waals surface area contributed by atoms with Gasteiger partial charge in [-0.1, -0.05) is 0 Å². The van der Waals surface area contributed by atoms with Gasteiger partial charge in [0.25, 0.3) is 0 Å². The Morgan fingerprint density at radius 3 is 2.21 bits per heavy atom. The lowest BCUT2D eigenvalue weighted by Gasteiger charge is -2.19. The van der Waals surface area contributed by atoms with Gasteiger partial charge < -0.3 is 24.4 Å². The Kier molecular flexibility index (Phi) is 7.48. The summed E-state index contributed by atoms with van der Waals surface area (Å²) in [4.78, 5) is 13.7. The minimum atomic E-state index is -0.454. The lowest BCUT2D eigenvalue weighted by atomic mass is 10.1. The zero-order chi connectivity index (χ0) is 24.0. The molecule has 0 aliphatic heterocycles. The van der Waals surface area contributed by atoms with E-state index in [2.05, 4.69) is 5.32 Å². The molecular formula is C25H32N4O4. The van der Waals surface area contributed by atoms with E-state index in [0.29, 0.717) is 5.75 Å². The van der Waals surface area contributed by atoms with Crippen LogP contribution in [0, 0.1) is 0 Å². The minimum absolute atomic E-state index is 0.167. The van der Waals surface area contributed by atoms with Crippen molar-refractivity contribution in [2.24, 2.45) is 0 Å². The molecule has 1 N–H and O–H groups in total. The number of carbonyl (C=O) groups excluding carboxylic acids is 1. The summed E-state index contributed by atoms with van der Waals surface area (Å²) in [5.41, 5.74) is 2.56. The second kappa shape index (κ2) is 10.3. The topological polar surface area (TPSA) is 77.8 Å². The average molecular weight is 453 g/mol. The van der Waals surface area contributed by atoms with E-state index in [0.717, 1.165) is 28.5 Å². The number of aromatic nitrogens is 2. The van der Waals surface area contributed by atoms with Crippen molar-refractivity contribution in [3.8, 4) is 28.4 Å². The highest BCUT2D eigenvalue weighted by Gasteiger charge is 2.15. The summed E-state index contributed by atoms with van der Waals surface area (Å²) in [7, 11) is 5.57. The number of benzene rings is 2. The Hall–Kier alpha value is -3.68. The van der Waals surface area contributed by atoms with Crippen molar-refractivity contribution in [3.63, 3.8) is 0 Å². The third-order valence-corrected chi connectivity index (χ3v) is 4.68. The standard InChI is InChI=1S/C25H32N4O4/c1-25(2,3)26-24(30)33-16-15-32-21-11-7-18(8-12-21)22-17-23(28(4)5)27-29(22)19-9-13-20(31-6)14-10-19/h7-14,17H,15-16H2,1-6H3,(H,26,30). The molecule has 0 spiro atoms. The second-order valence-corrected chi connectivity index (χ2v) is 8.78. The maximum absolute atomic E-state index is 11.7. The van der Waals surface area contributed by atoms with Crippen LogP contribution in [0.25, 0.3) is 16.9 Å². The summed E-state index contributed by atoms with van der Waals surface area (Å²) in [5.74, 6) is 2.34. The van der Waals surface area contributed by atoms with E-state index in [1.54, 1.807) is 7.11 Å². The molecule has 3 rings (SSSR count). The van der Waals surface area contributed by atoms with E-state index in [1.807, 2.05) is 99.0 Å². The molecule has 0 aliphatic carbocycles. The van der Waals surface area contributed by atoms with Gasteiger partial charge in [0.2, 0.25) is 0 Å². The molecule has 0 bridgehead atoms. The van der Waals surface area contributed by atoms with Crippen LogP contribution in [0.1, 0.15) is 20.8 Å². The van der Waals surface area contributed by atoms with Crippen molar-refractivity contribution in [1.29, 1.82) is 0 Å². The molecule has 8 heteroatoms. The van der Waals surface area contributed by atoms with Crippen molar-refractivity contribution < 1.29 is 19.0 Å². The number of hydrogen-bond acceptors (Lipinski definition) is 6. The number of rotatable bonds is 8. The summed E-state index contributed by atoms with van der Waals surface area (Å²) in [6.07, 6.45) is -0.454. The lowest BCUT2D eigenvalue weighted by Crippen LogP contribution is -2.41. The van der Waals surface area contributed by atoms with E-state index in [-0.39, 0.29) is 18.8 Å². The molecule has 0 radical (unpaired) electrons. The number of nitrogens with one attached hydrogen (secondary N) is 1. The molecule has 2 aromatic carbocycles. The average Bonchev–Trinajstić information content (AvgIpc) is 3.22. The van der Waals surface area contributed by atoms with Crippen molar-refractivity contribution >= 4 is 11.9 Å². The summed E-state index contributed by atoms with van der Waals surface area (Å²) in [6.45, 7) is 6.13. The van der Waals surface area contributed by atoms with Crippen LogP contribution in [-0.2, 0) is 4.74 Å². The van der Waals surface area contributed by atoms with Gasteiger partial charge in [-0.15, -0.1) is 5.10 Å². The molecule has 0 aliphatic rings. The first-order chi connectivity index (χ1) is 15.7. The number of carbonyl (C=O) groups is 1. The summed E-state index contributed by atoms with van der Waals surface area (Å²) >= 11 is 0. The third kappa shape index (κ3) is 6.65. The fourth-order valence-electron chi connectivity index (χ4n) is 3.07. The van der Waals surface area contributed by atoms with Crippen LogP contribution in [-0.4, -0.2) is 55.8 Å². The number of nitrogens with zero attached hydrogens (tertiary/aromatic N) is 3. The largest absolute Gasteiger partial charge is 0.497 e. The number of ether oxygens (including phenoxy) is 3. The Labute approximate surface area is 195 Å². The van der Waals surface area contributed by atoms with E-state index < -0.39 is 6.09 Å². The Morgan fingerprint density at radius 1 is 1.00 bits per heavy atom. The van der Waals surface area contributed by atoms with Crippen molar-refractivity contribution in [2.75, 3.05) is 39.3 Å². The van der Waals surface area contributed by atoms with E-state index in [1.165, 1.54) is 0 Å². The first kappa shape index (κ1) is 24.0. The Morgan fingerprint density at radius 2 is 1.64 bits per heavy atom. The van der Waals surface area contributed by atoms with E-state index >= 15 is 0 Å².